The molecule has 0 aromatic carbocycles. The van der Waals surface area contributed by atoms with Crippen LogP contribution in [0.4, 0.5) is 0 Å². The summed E-state index contributed by atoms with van der Waals surface area (Å²) in [5.41, 5.74) is 0. The summed E-state index contributed by atoms with van der Waals surface area (Å²) < 4.78 is 8.88. The van der Waals surface area contributed by atoms with Crippen LogP contribution in [0.2, 0.25) is 0 Å². The molecule has 0 amide bonds. The minimum atomic E-state index is -4.64. The molecule has 0 saturated heterocycles. The van der Waals surface area contributed by atoms with Crippen LogP contribution in [0.15, 0.2) is 0 Å². The van der Waals surface area contributed by atoms with Crippen molar-refractivity contribution < 1.29 is 103 Å². The third-order valence-electron chi connectivity index (χ3n) is 0. The van der Waals surface area contributed by atoms with Gasteiger partial charge in [-0.15, -0.1) is 0 Å². The summed E-state index contributed by atoms with van der Waals surface area (Å²) in [7, 11) is -4.64. The van der Waals surface area contributed by atoms with Gasteiger partial charge in [-0.2, -0.15) is 0 Å². The standard InChI is InChI=1S/Fe.Mn.Na.H3O4P.V.H/c;;;1-5(2,3)4;;/h;;;(H3,1,2,3,4);;/q;;+1;;;-1. The maximum atomic E-state index is 8.88. The van der Waals surface area contributed by atoms with Crippen LogP contribution in [0, 0.1) is 0 Å². The normalized spacial score (nSPS) is 6.56. The van der Waals surface area contributed by atoms with Gasteiger partial charge in [0.05, 0.1) is 0 Å². The molecule has 4 nitrogen and oxygen atoms in total. The monoisotopic (exact) mass is 284 g/mol. The van der Waals surface area contributed by atoms with E-state index in [2.05, 4.69) is 0 Å². The van der Waals surface area contributed by atoms with Gasteiger partial charge in [0.2, 0.25) is 0 Å². The van der Waals surface area contributed by atoms with E-state index in [9.17, 15) is 0 Å². The van der Waals surface area contributed by atoms with Crippen molar-refractivity contribution in [2.75, 3.05) is 0 Å². The van der Waals surface area contributed by atoms with Gasteiger partial charge in [0.15, 0.2) is 0 Å². The summed E-state index contributed by atoms with van der Waals surface area (Å²) in [5.74, 6) is 0. The molecule has 0 unspecified atom stereocenters. The Morgan fingerprint density at radius 3 is 1.22 bits per heavy atom. The van der Waals surface area contributed by atoms with Crippen molar-refractivity contribution in [2.24, 2.45) is 0 Å². The Bertz CT molecular complexity index is 71.4. The van der Waals surface area contributed by atoms with Gasteiger partial charge in [-0.3, -0.25) is 0 Å². The molecule has 0 bridgehead atoms. The second-order valence-electron chi connectivity index (χ2n) is 0.513. The predicted molar refractivity (Wildman–Crippen MR) is 15.4 cm³/mol. The maximum Gasteiger partial charge on any atom is 1.00 e. The summed E-state index contributed by atoms with van der Waals surface area (Å²) >= 11 is 0. The fourth-order valence-electron chi connectivity index (χ4n) is 0. The molecular formula is H4FeMnNaO4PV. The number of hydrogen-bond donors (Lipinski definition) is 3. The maximum absolute atomic E-state index is 8.88. The third kappa shape index (κ3) is 110. The van der Waals surface area contributed by atoms with Gasteiger partial charge in [-0.05, 0) is 0 Å². The number of phosphoric acid groups is 1. The Balaban J connectivity index is -0.00000000800. The summed E-state index contributed by atoms with van der Waals surface area (Å²) in [5, 5.41) is 0. The molecular weight excluding hydrogens is 280 g/mol. The van der Waals surface area contributed by atoms with Crippen molar-refractivity contribution >= 4 is 7.82 Å². The second kappa shape index (κ2) is 13.3. The number of hydrogen-bond acceptors (Lipinski definition) is 1. The van der Waals surface area contributed by atoms with Crippen LogP contribution >= 0.6 is 7.82 Å². The molecule has 0 fully saturated rings. The van der Waals surface area contributed by atoms with Gasteiger partial charge < -0.3 is 16.1 Å². The minimum Gasteiger partial charge on any atom is -1.00 e. The topological polar surface area (TPSA) is 77.8 Å². The summed E-state index contributed by atoms with van der Waals surface area (Å²) in [4.78, 5) is 21.6. The van der Waals surface area contributed by atoms with Gasteiger partial charge in [0.1, 0.15) is 0 Å². The van der Waals surface area contributed by atoms with Crippen molar-refractivity contribution in [2.45, 2.75) is 0 Å². The minimum absolute atomic E-state index is 0. The van der Waals surface area contributed by atoms with Crippen LogP contribution in [0.1, 0.15) is 1.43 Å². The molecule has 0 heterocycles. The molecule has 0 spiro atoms. The van der Waals surface area contributed by atoms with Crippen molar-refractivity contribution in [3.63, 3.8) is 0 Å². The molecule has 0 aliphatic heterocycles. The first-order valence-corrected chi connectivity index (χ1v) is 2.35. The van der Waals surface area contributed by atoms with Crippen molar-refractivity contribution in [3.05, 3.63) is 0 Å². The molecule has 0 rings (SSSR count). The Hall–Kier alpha value is 2.73. The quantitative estimate of drug-likeness (QED) is 0.315. The van der Waals surface area contributed by atoms with Crippen LogP contribution in [0.5, 0.6) is 0 Å². The van der Waals surface area contributed by atoms with E-state index in [1.807, 2.05) is 0 Å². The summed E-state index contributed by atoms with van der Waals surface area (Å²) in [6, 6.07) is 0. The predicted octanol–water partition coefficient (Wildman–Crippen LogP) is -3.82. The van der Waals surface area contributed by atoms with E-state index in [4.69, 9.17) is 19.2 Å². The van der Waals surface area contributed by atoms with Crippen LogP contribution < -0.4 is 29.6 Å². The average Bonchev–Trinajstić information content (AvgIpc) is 0.722. The molecule has 0 saturated carbocycles. The first-order chi connectivity index (χ1) is 2.00. The zero-order valence-corrected chi connectivity index (χ0v) is 11.0. The van der Waals surface area contributed by atoms with E-state index >= 15 is 0 Å². The fourth-order valence-corrected chi connectivity index (χ4v) is 0. The SMILES string of the molecule is O=P(O)(O)O.[Fe].[H-].[Mn].[Na+].[V]. The molecule has 9 heavy (non-hydrogen) atoms. The zero-order chi connectivity index (χ0) is 4.50. The smallest absolute Gasteiger partial charge is 1.00 e. The first kappa shape index (κ1) is 29.8. The van der Waals surface area contributed by atoms with Gasteiger partial charge in [-0.1, -0.05) is 0 Å². The second-order valence-corrected chi connectivity index (χ2v) is 1.54. The van der Waals surface area contributed by atoms with Gasteiger partial charge in [0.25, 0.3) is 0 Å². The van der Waals surface area contributed by atoms with E-state index in [1.54, 1.807) is 0 Å². The van der Waals surface area contributed by atoms with E-state index in [-0.39, 0.29) is 83.7 Å². The van der Waals surface area contributed by atoms with Gasteiger partial charge in [-0.25, -0.2) is 4.57 Å². The summed E-state index contributed by atoms with van der Waals surface area (Å²) in [6.45, 7) is 0. The Labute approximate surface area is 109 Å². The third-order valence-corrected chi connectivity index (χ3v) is 0. The molecule has 0 aliphatic carbocycles. The number of rotatable bonds is 0. The van der Waals surface area contributed by atoms with Gasteiger partial charge >= 0.3 is 37.4 Å². The van der Waals surface area contributed by atoms with E-state index in [0.29, 0.717) is 0 Å². The van der Waals surface area contributed by atoms with E-state index < -0.39 is 7.82 Å². The summed E-state index contributed by atoms with van der Waals surface area (Å²) in [6.07, 6.45) is 0. The molecule has 9 heteroatoms. The van der Waals surface area contributed by atoms with Crippen LogP contribution in [0.25, 0.3) is 0 Å². The average molecular weight is 284 g/mol. The molecule has 0 atom stereocenters. The van der Waals surface area contributed by atoms with Crippen LogP contribution in [-0.2, 0) is 57.3 Å². The zero-order valence-electron chi connectivity index (χ0n) is 5.38. The Morgan fingerprint density at radius 1 is 1.22 bits per heavy atom. The fraction of sp³-hybridized carbons (Fsp3) is 0. The van der Waals surface area contributed by atoms with Crippen molar-refractivity contribution in [1.29, 1.82) is 0 Å². The van der Waals surface area contributed by atoms with E-state index in [1.165, 1.54) is 0 Å². The Morgan fingerprint density at radius 2 is 1.22 bits per heavy atom. The first-order valence-electron chi connectivity index (χ1n) is 0.783. The van der Waals surface area contributed by atoms with Crippen molar-refractivity contribution in [1.82, 2.24) is 0 Å². The molecule has 54 valence electrons. The van der Waals surface area contributed by atoms with Crippen molar-refractivity contribution in [3.8, 4) is 0 Å². The van der Waals surface area contributed by atoms with Crippen LogP contribution in [-0.4, -0.2) is 14.7 Å². The van der Waals surface area contributed by atoms with Crippen LogP contribution in [0.3, 0.4) is 0 Å². The Kier molecular flexibility index (Phi) is 44.2. The van der Waals surface area contributed by atoms with E-state index in [0.717, 1.165) is 0 Å². The molecule has 0 aromatic heterocycles. The van der Waals surface area contributed by atoms with Gasteiger partial charge in [0, 0.05) is 52.7 Å². The molecule has 2 radical (unpaired) electrons. The largest absolute Gasteiger partial charge is 1.00 e. The molecule has 3 N–H and O–H groups in total. The molecule has 0 aromatic rings. The molecule has 0 aliphatic rings.